The Bertz CT molecular complexity index is 22.9. The fraction of sp³-hybridized carbons (Fsp3) is 0.500. The van der Waals surface area contributed by atoms with Crippen LogP contribution in [0.2, 0.25) is 0 Å². The number of aliphatic hydroxyl groups excluding tert-OH is 1. The molecule has 0 rings (SSSR count). The maximum Gasteiger partial charge on any atom is 0.0402 e. The molecule has 0 atom stereocenters. The van der Waals surface area contributed by atoms with E-state index in [0.29, 0.717) is 0 Å². The average molecular weight is 314 g/mol. The zero-order chi connectivity index (χ0) is 4.71. The molecule has 0 aliphatic heterocycles. The van der Waals surface area contributed by atoms with E-state index < -0.39 is 0 Å². The monoisotopic (exact) mass is 314 g/mol. The van der Waals surface area contributed by atoms with E-state index in [9.17, 15) is 0 Å². The molecular weight excluding hydrogens is 305 g/mol. The third-order valence-corrected chi connectivity index (χ3v) is 0. The maximum atomic E-state index is 7.57. The van der Waals surface area contributed by atoms with Crippen molar-refractivity contribution in [3.63, 3.8) is 0 Å². The van der Waals surface area contributed by atoms with E-state index >= 15 is 0 Å². The molecule has 0 unspecified atom stereocenters. The van der Waals surface area contributed by atoms with E-state index in [1.54, 1.807) is 6.92 Å². The van der Waals surface area contributed by atoms with Crippen LogP contribution >= 0.6 is 0 Å². The van der Waals surface area contributed by atoms with Gasteiger partial charge in [0.05, 0.1) is 0 Å². The van der Waals surface area contributed by atoms with E-state index in [4.69, 9.17) is 16.9 Å². The van der Waals surface area contributed by atoms with Crippen molar-refractivity contribution < 1.29 is 49.2 Å². The largest absolute Gasteiger partial charge is 0.512 e. The fourth-order valence-electron chi connectivity index (χ4n) is 0. The van der Waals surface area contributed by atoms with Gasteiger partial charge in [0.25, 0.3) is 0 Å². The van der Waals surface area contributed by atoms with E-state index in [0.717, 1.165) is 0 Å². The van der Waals surface area contributed by atoms with Gasteiger partial charge in [-0.25, -0.2) is 0 Å². The molecule has 0 saturated heterocycles. The van der Waals surface area contributed by atoms with Crippen molar-refractivity contribution in [1.29, 1.82) is 5.26 Å². The molecule has 0 aliphatic rings. The minimum atomic E-state index is 0. The minimum absolute atomic E-state index is 0. The Kier molecular flexibility index (Phi) is 236. The zero-order valence-electron chi connectivity index (χ0n) is 4.68. The van der Waals surface area contributed by atoms with Crippen molar-refractivity contribution in [1.82, 2.24) is 0 Å². The first-order valence-corrected chi connectivity index (χ1v) is 1.25. The average Bonchev–Trinajstić information content (AvgIpc) is 1.46. The molecule has 0 heterocycles. The van der Waals surface area contributed by atoms with Gasteiger partial charge in [0, 0.05) is 50.7 Å². The quantitative estimate of drug-likeness (QED) is 0.664. The summed E-state index contributed by atoms with van der Waals surface area (Å²) in [6, 6.07) is 0. The molecule has 3 heteroatoms. The third kappa shape index (κ3) is 207. The van der Waals surface area contributed by atoms with Crippen LogP contribution in [0.25, 0.3) is 0 Å². The Labute approximate surface area is 81.1 Å². The van der Waals surface area contributed by atoms with Crippen LogP contribution in [-0.4, -0.2) is 11.7 Å². The molecule has 0 aromatic heterocycles. The van der Waals surface area contributed by atoms with E-state index in [1.807, 2.05) is 0 Å². The van der Waals surface area contributed by atoms with Crippen LogP contribution in [0.4, 0.5) is 0 Å². The van der Waals surface area contributed by atoms with Crippen LogP contribution < -0.4 is 0 Å². The number of aliphatic hydroxyl groups is 1. The van der Waals surface area contributed by atoms with Gasteiger partial charge in [-0.1, -0.05) is 0 Å². The fourth-order valence-corrected chi connectivity index (χ4v) is 0. The molecule has 0 aromatic carbocycles. The van der Waals surface area contributed by atoms with Gasteiger partial charge in [-0.05, 0) is 6.92 Å². The summed E-state index contributed by atoms with van der Waals surface area (Å²) in [6.45, 7) is 6.68. The van der Waals surface area contributed by atoms with Gasteiger partial charge < -0.3 is 24.4 Å². The molecule has 1 N–H and O–H groups in total. The molecule has 0 bridgehead atoms. The molecule has 0 fully saturated rings. The van der Waals surface area contributed by atoms with Crippen LogP contribution in [0, 0.1) is 63.3 Å². The van der Waals surface area contributed by atoms with Gasteiger partial charge in [-0.3, -0.25) is 0 Å². The van der Waals surface area contributed by atoms with Crippen molar-refractivity contribution in [2.45, 2.75) is 6.92 Å². The summed E-state index contributed by atoms with van der Waals surface area (Å²) in [6.07, 6.45) is 0. The van der Waals surface area contributed by atoms with Gasteiger partial charge in [0.15, 0.2) is 0 Å². The predicted octanol–water partition coefficient (Wildman–Crippen LogP) is 0.545. The predicted molar refractivity (Wildman–Crippen MR) is 24.1 cm³/mol. The Morgan fingerprint density at radius 3 is 1.57 bits per heavy atom. The van der Waals surface area contributed by atoms with Crippen molar-refractivity contribution in [2.24, 2.45) is 0 Å². The maximum absolute atomic E-state index is 7.57. The van der Waals surface area contributed by atoms with Crippen LogP contribution in [0.3, 0.4) is 0 Å². The summed E-state index contributed by atoms with van der Waals surface area (Å²) in [5, 5.41) is 13.8. The summed E-state index contributed by atoms with van der Waals surface area (Å²) in [5.74, 6) is 0. The second-order valence-electron chi connectivity index (χ2n) is 0.316. The van der Waals surface area contributed by atoms with Crippen molar-refractivity contribution in [3.05, 3.63) is 14.0 Å². The number of rotatable bonds is 0. The van der Waals surface area contributed by atoms with Gasteiger partial charge in [0.1, 0.15) is 0 Å². The summed E-state index contributed by atoms with van der Waals surface area (Å²) in [7, 11) is 0. The van der Waals surface area contributed by atoms with Gasteiger partial charge >= 0.3 is 0 Å². The van der Waals surface area contributed by atoms with Crippen molar-refractivity contribution in [3.8, 4) is 0 Å². The molecule has 2 nitrogen and oxygen atoms in total. The molecule has 0 spiro atoms. The first kappa shape index (κ1) is 24.7. The molecule has 0 aliphatic carbocycles. The summed E-state index contributed by atoms with van der Waals surface area (Å²) in [5.41, 5.74) is 0. The minimum Gasteiger partial charge on any atom is -0.512 e. The van der Waals surface area contributed by atoms with Crippen molar-refractivity contribution in [2.75, 3.05) is 6.61 Å². The summed E-state index contributed by atoms with van der Waals surface area (Å²) in [4.78, 5) is 0. The normalized spacial score (nSPS) is 2.86. The smallest absolute Gasteiger partial charge is 0.0402 e. The molecule has 0 saturated carbocycles. The second-order valence-corrected chi connectivity index (χ2v) is 0.316. The molecule has 0 amide bonds. The zero-order valence-corrected chi connectivity index (χ0v) is 9.42. The molecule has 1 radical (unpaired) electrons. The van der Waals surface area contributed by atoms with Crippen LogP contribution in [0.1, 0.15) is 6.92 Å². The van der Waals surface area contributed by atoms with Gasteiger partial charge in [-0.2, -0.15) is 0 Å². The van der Waals surface area contributed by atoms with E-state index in [1.165, 1.54) is 0 Å². The molecule has 7 heavy (non-hydrogen) atoms. The first-order chi connectivity index (χ1) is 2.41. The number of nitrogens with zero attached hydrogens (tertiary/aromatic N) is 1. The topological polar surface area (TPSA) is 44.0 Å². The third-order valence-electron chi connectivity index (χ3n) is 0. The SMILES string of the molecule is CCO.[Ac].[C-]#N.[CH3-]. The number of hydrogen-bond acceptors (Lipinski definition) is 2. The Morgan fingerprint density at radius 2 is 1.57 bits per heavy atom. The van der Waals surface area contributed by atoms with Gasteiger partial charge in [-0.15, -0.1) is 0 Å². The molecule has 41 valence electrons. The first-order valence-electron chi connectivity index (χ1n) is 1.25. The van der Waals surface area contributed by atoms with E-state index in [-0.39, 0.29) is 58.1 Å². The summed E-state index contributed by atoms with van der Waals surface area (Å²) < 4.78 is 0. The molecular formula is C4H9AcNO-2. The number of hydrogen-bond donors (Lipinski definition) is 1. The van der Waals surface area contributed by atoms with Crippen LogP contribution in [0.15, 0.2) is 0 Å². The van der Waals surface area contributed by atoms with Gasteiger partial charge in [0.2, 0.25) is 0 Å². The van der Waals surface area contributed by atoms with Crippen LogP contribution in [-0.2, 0) is 0 Å². The Morgan fingerprint density at radius 1 is 1.57 bits per heavy atom. The Hall–Kier alpha value is 0.892. The summed E-state index contributed by atoms with van der Waals surface area (Å²) >= 11 is 0. The van der Waals surface area contributed by atoms with E-state index in [2.05, 4.69) is 0 Å². The second kappa shape index (κ2) is 66.9. The van der Waals surface area contributed by atoms with Crippen LogP contribution in [0.5, 0.6) is 0 Å². The standard InChI is InChI=1S/C2H6O.CN.CH3.Ac/c1-2-3;1-2;;/h3H,2H2,1H3;;1H3;/q;2*-1;. The van der Waals surface area contributed by atoms with Crippen molar-refractivity contribution >= 4 is 0 Å². The Balaban J connectivity index is -0.0000000105. The molecule has 0 aromatic rings.